The van der Waals surface area contributed by atoms with Crippen LogP contribution in [0.25, 0.3) is 0 Å². The molecule has 0 aromatic carbocycles. The van der Waals surface area contributed by atoms with Crippen molar-refractivity contribution >= 4 is 0 Å². The van der Waals surface area contributed by atoms with Crippen LogP contribution in [0.2, 0.25) is 0 Å². The Bertz CT molecular complexity index is 266. The number of hydrogen-bond donors (Lipinski definition) is 1. The largest absolute Gasteiger partial charge is 0.317 e. The monoisotopic (exact) mass is 287 g/mol. The van der Waals surface area contributed by atoms with E-state index in [2.05, 4.69) is 19.2 Å². The third-order valence-electron chi connectivity index (χ3n) is 5.63. The molecule has 0 aliphatic heterocycles. The summed E-state index contributed by atoms with van der Waals surface area (Å²) in [4.78, 5) is 0. The van der Waals surface area contributed by atoms with Crippen molar-refractivity contribution in [2.45, 2.75) is 71.1 Å². The molecule has 2 aliphatic carbocycles. The minimum absolute atomic E-state index is 0.144. The Morgan fingerprint density at radius 1 is 0.950 bits per heavy atom. The van der Waals surface area contributed by atoms with Gasteiger partial charge >= 0.3 is 0 Å². The summed E-state index contributed by atoms with van der Waals surface area (Å²) in [5.74, 6) is 2.41. The summed E-state index contributed by atoms with van der Waals surface area (Å²) in [5.41, 5.74) is 0. The summed E-state index contributed by atoms with van der Waals surface area (Å²) in [5, 5.41) is 3.43. The molecule has 2 aliphatic rings. The Balaban J connectivity index is 1.76. The average Bonchev–Trinajstić information content (AvgIpc) is 2.44. The highest BCUT2D eigenvalue weighted by molar-refractivity contribution is 4.86. The fraction of sp³-hybridized carbons (Fsp3) is 1.00. The molecule has 0 aromatic heterocycles. The Labute approximate surface area is 122 Å². The van der Waals surface area contributed by atoms with E-state index in [1.54, 1.807) is 0 Å². The predicted octanol–water partition coefficient (Wildman–Crippen LogP) is 4.51. The van der Waals surface area contributed by atoms with Crippen LogP contribution >= 0.6 is 0 Å². The SMILES string of the molecule is CCNCC(C)C1CCC(C2CC(F)CC(F)C2)CC1. The Morgan fingerprint density at radius 2 is 1.55 bits per heavy atom. The standard InChI is InChI=1S/C17H31F2N/c1-3-20-11-12(2)13-4-6-14(7-5-13)15-8-16(18)10-17(19)9-15/h12-17,20H,3-11H2,1-2H3. The molecule has 2 saturated carbocycles. The van der Waals surface area contributed by atoms with Crippen molar-refractivity contribution in [1.82, 2.24) is 5.32 Å². The summed E-state index contributed by atoms with van der Waals surface area (Å²) >= 11 is 0. The molecule has 118 valence electrons. The lowest BCUT2D eigenvalue weighted by Crippen LogP contribution is -2.34. The Hall–Kier alpha value is -0.180. The first kappa shape index (κ1) is 16.2. The van der Waals surface area contributed by atoms with Crippen molar-refractivity contribution in [1.29, 1.82) is 0 Å². The summed E-state index contributed by atoms with van der Waals surface area (Å²) in [7, 11) is 0. The first-order valence-corrected chi connectivity index (χ1v) is 8.59. The average molecular weight is 287 g/mol. The van der Waals surface area contributed by atoms with Gasteiger partial charge in [0.1, 0.15) is 12.3 Å². The van der Waals surface area contributed by atoms with Gasteiger partial charge in [0.05, 0.1) is 0 Å². The van der Waals surface area contributed by atoms with E-state index < -0.39 is 12.3 Å². The molecule has 1 N–H and O–H groups in total. The van der Waals surface area contributed by atoms with Crippen LogP contribution in [0.15, 0.2) is 0 Å². The fourth-order valence-corrected chi connectivity index (χ4v) is 4.33. The molecule has 1 nitrogen and oxygen atoms in total. The normalized spacial score (nSPS) is 40.5. The molecule has 2 rings (SSSR count). The molecule has 0 saturated heterocycles. The first-order chi connectivity index (χ1) is 9.60. The highest BCUT2D eigenvalue weighted by Gasteiger charge is 2.36. The van der Waals surface area contributed by atoms with Crippen LogP contribution in [-0.2, 0) is 0 Å². The van der Waals surface area contributed by atoms with Gasteiger partial charge in [-0.25, -0.2) is 8.78 Å². The predicted molar refractivity (Wildman–Crippen MR) is 80.3 cm³/mol. The maximum Gasteiger partial charge on any atom is 0.103 e. The summed E-state index contributed by atoms with van der Waals surface area (Å²) in [6.07, 6.45) is 4.46. The number of halogens is 2. The number of nitrogens with one attached hydrogen (secondary N) is 1. The fourth-order valence-electron chi connectivity index (χ4n) is 4.33. The molecule has 0 bridgehead atoms. The zero-order valence-electron chi connectivity index (χ0n) is 13.1. The third-order valence-corrected chi connectivity index (χ3v) is 5.63. The number of rotatable bonds is 5. The van der Waals surface area contributed by atoms with Gasteiger partial charge in [0.2, 0.25) is 0 Å². The molecule has 3 unspecified atom stereocenters. The second kappa shape index (κ2) is 7.72. The lowest BCUT2D eigenvalue weighted by atomic mass is 9.68. The smallest absolute Gasteiger partial charge is 0.103 e. The molecule has 20 heavy (non-hydrogen) atoms. The van der Waals surface area contributed by atoms with Crippen LogP contribution in [0.3, 0.4) is 0 Å². The lowest BCUT2D eigenvalue weighted by Gasteiger charge is -2.39. The van der Waals surface area contributed by atoms with Gasteiger partial charge in [0, 0.05) is 6.42 Å². The zero-order valence-corrected chi connectivity index (χ0v) is 13.1. The van der Waals surface area contributed by atoms with Crippen LogP contribution in [0, 0.1) is 23.7 Å². The molecule has 3 atom stereocenters. The minimum atomic E-state index is -0.894. The highest BCUT2D eigenvalue weighted by atomic mass is 19.1. The third kappa shape index (κ3) is 4.41. The van der Waals surface area contributed by atoms with Crippen LogP contribution in [0.4, 0.5) is 8.78 Å². The van der Waals surface area contributed by atoms with Crippen LogP contribution < -0.4 is 5.32 Å². The van der Waals surface area contributed by atoms with Gasteiger partial charge < -0.3 is 5.32 Å². The van der Waals surface area contributed by atoms with Gasteiger partial charge in [0.15, 0.2) is 0 Å². The molecular formula is C17H31F2N. The van der Waals surface area contributed by atoms with E-state index in [4.69, 9.17) is 0 Å². The first-order valence-electron chi connectivity index (χ1n) is 8.59. The molecule has 0 spiro atoms. The van der Waals surface area contributed by atoms with E-state index in [9.17, 15) is 8.78 Å². The second-order valence-corrected chi connectivity index (χ2v) is 7.12. The minimum Gasteiger partial charge on any atom is -0.317 e. The maximum absolute atomic E-state index is 13.5. The van der Waals surface area contributed by atoms with E-state index in [1.807, 2.05) is 0 Å². The van der Waals surface area contributed by atoms with Crippen LogP contribution in [0.1, 0.15) is 58.8 Å². The van der Waals surface area contributed by atoms with Gasteiger partial charge in [-0.2, -0.15) is 0 Å². The van der Waals surface area contributed by atoms with Crippen LogP contribution in [-0.4, -0.2) is 25.4 Å². The molecular weight excluding hydrogens is 256 g/mol. The number of hydrogen-bond acceptors (Lipinski definition) is 1. The molecule has 0 radical (unpaired) electrons. The van der Waals surface area contributed by atoms with Crippen molar-refractivity contribution in [3.05, 3.63) is 0 Å². The van der Waals surface area contributed by atoms with Gasteiger partial charge in [-0.3, -0.25) is 0 Å². The quantitative estimate of drug-likeness (QED) is 0.784. The van der Waals surface area contributed by atoms with Crippen molar-refractivity contribution < 1.29 is 8.78 Å². The Kier molecular flexibility index (Phi) is 6.25. The second-order valence-electron chi connectivity index (χ2n) is 7.12. The van der Waals surface area contributed by atoms with Gasteiger partial charge in [-0.1, -0.05) is 13.8 Å². The zero-order chi connectivity index (χ0) is 14.5. The van der Waals surface area contributed by atoms with E-state index >= 15 is 0 Å². The van der Waals surface area contributed by atoms with Crippen molar-refractivity contribution in [2.24, 2.45) is 23.7 Å². The maximum atomic E-state index is 13.5. The van der Waals surface area contributed by atoms with Crippen LogP contribution in [0.5, 0.6) is 0 Å². The topological polar surface area (TPSA) is 12.0 Å². The molecule has 2 fully saturated rings. The molecule has 3 heteroatoms. The summed E-state index contributed by atoms with van der Waals surface area (Å²) in [6, 6.07) is 0. The van der Waals surface area contributed by atoms with Gasteiger partial charge in [-0.15, -0.1) is 0 Å². The van der Waals surface area contributed by atoms with E-state index in [-0.39, 0.29) is 6.42 Å². The summed E-state index contributed by atoms with van der Waals surface area (Å²) in [6.45, 7) is 6.63. The molecule has 0 aromatic rings. The van der Waals surface area contributed by atoms with E-state index in [0.29, 0.717) is 24.7 Å². The lowest BCUT2D eigenvalue weighted by molar-refractivity contribution is 0.0628. The van der Waals surface area contributed by atoms with Gasteiger partial charge in [-0.05, 0) is 75.3 Å². The molecule has 0 heterocycles. The van der Waals surface area contributed by atoms with Crippen molar-refractivity contribution in [3.63, 3.8) is 0 Å². The number of alkyl halides is 2. The van der Waals surface area contributed by atoms with Crippen molar-refractivity contribution in [2.75, 3.05) is 13.1 Å². The highest BCUT2D eigenvalue weighted by Crippen LogP contribution is 2.42. The Morgan fingerprint density at radius 3 is 2.10 bits per heavy atom. The summed E-state index contributed by atoms with van der Waals surface area (Å²) < 4.78 is 27.1. The van der Waals surface area contributed by atoms with E-state index in [0.717, 1.165) is 24.9 Å². The van der Waals surface area contributed by atoms with Crippen molar-refractivity contribution in [3.8, 4) is 0 Å². The van der Waals surface area contributed by atoms with Gasteiger partial charge in [0.25, 0.3) is 0 Å². The molecule has 0 amide bonds. The van der Waals surface area contributed by atoms with E-state index in [1.165, 1.54) is 25.7 Å².